The molecule has 4 nitrogen and oxygen atoms in total. The third-order valence-corrected chi connectivity index (χ3v) is 4.36. The first kappa shape index (κ1) is 21.6. The summed E-state index contributed by atoms with van der Waals surface area (Å²) in [7, 11) is 0. The highest BCUT2D eigenvalue weighted by Gasteiger charge is 2.28. The maximum absolute atomic E-state index is 14.3. The van der Waals surface area contributed by atoms with Gasteiger partial charge in [-0.3, -0.25) is 0 Å². The Bertz CT molecular complexity index is 894. The van der Waals surface area contributed by atoms with Crippen molar-refractivity contribution in [3.8, 4) is 11.5 Å². The van der Waals surface area contributed by atoms with Gasteiger partial charge in [0.05, 0.1) is 13.2 Å². The van der Waals surface area contributed by atoms with Gasteiger partial charge in [-0.25, -0.2) is 0 Å². The van der Waals surface area contributed by atoms with Crippen molar-refractivity contribution in [1.29, 1.82) is 0 Å². The molecule has 3 aromatic carbocycles. The minimum atomic E-state index is -1.70. The first-order valence-electron chi connectivity index (χ1n) is 8.93. The van der Waals surface area contributed by atoms with E-state index in [1.165, 1.54) is 0 Å². The summed E-state index contributed by atoms with van der Waals surface area (Å²) in [6.07, 6.45) is 0. The molecule has 0 unspecified atom stereocenters. The SMILES string of the molecule is OCc1ccc(COc2c(F)c(F)c(OCc3ccc(CO)cc3)c(F)c2F)cc1. The molecule has 0 spiro atoms. The number of hydrogen-bond donors (Lipinski definition) is 2. The average molecular weight is 422 g/mol. The van der Waals surface area contributed by atoms with E-state index in [-0.39, 0.29) is 26.4 Å². The van der Waals surface area contributed by atoms with E-state index < -0.39 is 34.8 Å². The summed E-state index contributed by atoms with van der Waals surface area (Å²) >= 11 is 0. The van der Waals surface area contributed by atoms with Crippen LogP contribution in [0.1, 0.15) is 22.3 Å². The van der Waals surface area contributed by atoms with Gasteiger partial charge < -0.3 is 19.7 Å². The normalized spacial score (nSPS) is 10.9. The van der Waals surface area contributed by atoms with Crippen molar-refractivity contribution in [2.24, 2.45) is 0 Å². The highest BCUT2D eigenvalue weighted by atomic mass is 19.2. The number of aliphatic hydroxyl groups excluding tert-OH is 2. The molecule has 3 aromatic rings. The third kappa shape index (κ3) is 4.72. The molecular weight excluding hydrogens is 404 g/mol. The van der Waals surface area contributed by atoms with Crippen LogP contribution in [0.2, 0.25) is 0 Å². The molecule has 0 bridgehead atoms. The van der Waals surface area contributed by atoms with E-state index in [0.29, 0.717) is 22.3 Å². The molecule has 0 aliphatic heterocycles. The van der Waals surface area contributed by atoms with Crippen molar-refractivity contribution >= 4 is 0 Å². The summed E-state index contributed by atoms with van der Waals surface area (Å²) in [4.78, 5) is 0. The summed E-state index contributed by atoms with van der Waals surface area (Å²) in [5.41, 5.74) is 2.22. The fraction of sp³-hybridized carbons (Fsp3) is 0.182. The van der Waals surface area contributed by atoms with Crippen LogP contribution in [-0.4, -0.2) is 10.2 Å². The molecule has 0 aliphatic rings. The van der Waals surface area contributed by atoms with Gasteiger partial charge in [0.15, 0.2) is 11.5 Å². The molecule has 0 amide bonds. The van der Waals surface area contributed by atoms with Crippen molar-refractivity contribution in [3.05, 3.63) is 94.1 Å². The Morgan fingerprint density at radius 3 is 1.03 bits per heavy atom. The molecule has 8 heteroatoms. The van der Waals surface area contributed by atoms with Gasteiger partial charge in [-0.05, 0) is 22.3 Å². The summed E-state index contributed by atoms with van der Waals surface area (Å²) in [5, 5.41) is 18.0. The molecule has 30 heavy (non-hydrogen) atoms. The fourth-order valence-corrected chi connectivity index (χ4v) is 2.64. The first-order chi connectivity index (χ1) is 14.4. The molecule has 0 saturated carbocycles. The van der Waals surface area contributed by atoms with Crippen molar-refractivity contribution in [1.82, 2.24) is 0 Å². The molecule has 0 aliphatic carbocycles. The zero-order chi connectivity index (χ0) is 21.7. The molecule has 0 aromatic heterocycles. The second-order valence-electron chi connectivity index (χ2n) is 6.44. The molecule has 3 rings (SSSR count). The summed E-state index contributed by atoms with van der Waals surface area (Å²) in [6.45, 7) is -1.02. The minimum Gasteiger partial charge on any atom is -0.483 e. The van der Waals surface area contributed by atoms with Crippen LogP contribution in [0.4, 0.5) is 17.6 Å². The molecule has 0 fully saturated rings. The summed E-state index contributed by atoms with van der Waals surface area (Å²) in [5.74, 6) is -9.18. The lowest BCUT2D eigenvalue weighted by Crippen LogP contribution is -2.08. The number of benzene rings is 3. The van der Waals surface area contributed by atoms with Crippen LogP contribution in [0.25, 0.3) is 0 Å². The van der Waals surface area contributed by atoms with Crippen molar-refractivity contribution in [3.63, 3.8) is 0 Å². The highest BCUT2D eigenvalue weighted by molar-refractivity contribution is 5.39. The van der Waals surface area contributed by atoms with E-state index in [1.807, 2.05) is 0 Å². The largest absolute Gasteiger partial charge is 0.483 e. The second kappa shape index (κ2) is 9.60. The first-order valence-corrected chi connectivity index (χ1v) is 8.93. The van der Waals surface area contributed by atoms with Gasteiger partial charge in [0.1, 0.15) is 13.2 Å². The van der Waals surface area contributed by atoms with E-state index in [0.717, 1.165) is 0 Å². The van der Waals surface area contributed by atoms with Gasteiger partial charge in [0.25, 0.3) is 0 Å². The van der Waals surface area contributed by atoms with Gasteiger partial charge in [-0.1, -0.05) is 48.5 Å². The number of hydrogen-bond acceptors (Lipinski definition) is 4. The smallest absolute Gasteiger partial charge is 0.207 e. The Labute approximate surface area is 169 Å². The van der Waals surface area contributed by atoms with Crippen LogP contribution in [0.5, 0.6) is 11.5 Å². The molecule has 2 N–H and O–H groups in total. The molecule has 0 heterocycles. The zero-order valence-electron chi connectivity index (χ0n) is 15.7. The summed E-state index contributed by atoms with van der Waals surface area (Å²) < 4.78 is 67.1. The number of ether oxygens (including phenoxy) is 2. The Balaban J connectivity index is 1.76. The van der Waals surface area contributed by atoms with Crippen LogP contribution in [0.3, 0.4) is 0 Å². The Morgan fingerprint density at radius 2 is 0.767 bits per heavy atom. The number of halogens is 4. The van der Waals surface area contributed by atoms with Gasteiger partial charge in [-0.2, -0.15) is 17.6 Å². The molecule has 0 saturated heterocycles. The molecule has 158 valence electrons. The van der Waals surface area contributed by atoms with E-state index in [2.05, 4.69) is 0 Å². The third-order valence-electron chi connectivity index (χ3n) is 4.36. The van der Waals surface area contributed by atoms with Crippen molar-refractivity contribution < 1.29 is 37.2 Å². The van der Waals surface area contributed by atoms with Crippen LogP contribution in [0, 0.1) is 23.3 Å². The fourth-order valence-electron chi connectivity index (χ4n) is 2.64. The Morgan fingerprint density at radius 1 is 0.500 bits per heavy atom. The lowest BCUT2D eigenvalue weighted by molar-refractivity contribution is 0.234. The van der Waals surface area contributed by atoms with Crippen molar-refractivity contribution in [2.45, 2.75) is 26.4 Å². The Kier molecular flexibility index (Phi) is 6.91. The van der Waals surface area contributed by atoms with E-state index in [1.54, 1.807) is 48.5 Å². The number of rotatable bonds is 8. The lowest BCUT2D eigenvalue weighted by atomic mass is 10.1. The molecular formula is C22H18F4O4. The number of aliphatic hydroxyl groups is 2. The predicted octanol–water partition coefficient (Wildman–Crippen LogP) is 4.39. The van der Waals surface area contributed by atoms with E-state index >= 15 is 0 Å². The Hall–Kier alpha value is -3.10. The molecule has 0 radical (unpaired) electrons. The van der Waals surface area contributed by atoms with Gasteiger partial charge in [0, 0.05) is 0 Å². The predicted molar refractivity (Wildman–Crippen MR) is 99.7 cm³/mol. The van der Waals surface area contributed by atoms with Crippen LogP contribution in [0.15, 0.2) is 48.5 Å². The summed E-state index contributed by atoms with van der Waals surface area (Å²) in [6, 6.07) is 12.5. The van der Waals surface area contributed by atoms with Crippen LogP contribution in [-0.2, 0) is 26.4 Å². The maximum atomic E-state index is 14.3. The van der Waals surface area contributed by atoms with Crippen LogP contribution >= 0.6 is 0 Å². The van der Waals surface area contributed by atoms with Gasteiger partial charge in [-0.15, -0.1) is 0 Å². The van der Waals surface area contributed by atoms with Crippen molar-refractivity contribution in [2.75, 3.05) is 0 Å². The quantitative estimate of drug-likeness (QED) is 0.418. The second-order valence-corrected chi connectivity index (χ2v) is 6.44. The standard InChI is InChI=1S/C22H18F4O4/c23-17-19(25)22(30-12-16-7-3-14(10-28)4-8-16)20(26)18(24)21(17)29-11-15-5-1-13(9-27)2-6-15/h1-8,27-28H,9-12H2. The highest BCUT2D eigenvalue weighted by Crippen LogP contribution is 2.35. The van der Waals surface area contributed by atoms with Gasteiger partial charge >= 0.3 is 0 Å². The van der Waals surface area contributed by atoms with E-state index in [9.17, 15) is 17.6 Å². The maximum Gasteiger partial charge on any atom is 0.207 e. The topological polar surface area (TPSA) is 58.9 Å². The molecule has 0 atom stereocenters. The van der Waals surface area contributed by atoms with E-state index in [4.69, 9.17) is 19.7 Å². The zero-order valence-corrected chi connectivity index (χ0v) is 15.7. The van der Waals surface area contributed by atoms with Crippen LogP contribution < -0.4 is 9.47 Å². The van der Waals surface area contributed by atoms with Gasteiger partial charge in [0.2, 0.25) is 23.3 Å². The average Bonchev–Trinajstić information content (AvgIpc) is 2.78. The minimum absolute atomic E-state index is 0.173. The lowest BCUT2D eigenvalue weighted by Gasteiger charge is -2.14. The monoisotopic (exact) mass is 422 g/mol.